The summed E-state index contributed by atoms with van der Waals surface area (Å²) in [5.74, 6) is 1.10. The van der Waals surface area contributed by atoms with Crippen LogP contribution in [0, 0.1) is 0 Å². The highest BCUT2D eigenvalue weighted by molar-refractivity contribution is 6.05. The second-order valence-electron chi connectivity index (χ2n) is 5.19. The highest BCUT2D eigenvalue weighted by atomic mass is 16.5. The highest BCUT2D eigenvalue weighted by Crippen LogP contribution is 2.30. The minimum atomic E-state index is -0.662. The van der Waals surface area contributed by atoms with E-state index < -0.39 is 5.54 Å². The van der Waals surface area contributed by atoms with Crippen LogP contribution < -0.4 is 10.5 Å². The monoisotopic (exact) mass is 291 g/mol. The molecule has 1 atom stereocenters. The Balaban J connectivity index is 2.29. The Morgan fingerprint density at radius 3 is 2.71 bits per heavy atom. The van der Waals surface area contributed by atoms with Gasteiger partial charge in [-0.05, 0) is 18.6 Å². The molecule has 1 unspecified atom stereocenters. The zero-order valence-electron chi connectivity index (χ0n) is 12.6. The van der Waals surface area contributed by atoms with Crippen molar-refractivity contribution in [1.82, 2.24) is 4.90 Å². The van der Waals surface area contributed by atoms with E-state index in [1.165, 1.54) is 0 Å². The maximum Gasteiger partial charge on any atom is 0.346 e. The van der Waals surface area contributed by atoms with Crippen LogP contribution in [-0.2, 0) is 11.2 Å². The van der Waals surface area contributed by atoms with Crippen LogP contribution in [0.3, 0.4) is 0 Å². The van der Waals surface area contributed by atoms with Gasteiger partial charge < -0.3 is 20.1 Å². The minimum absolute atomic E-state index is 0.318. The lowest BCUT2D eigenvalue weighted by molar-refractivity contribution is 0.127. The molecule has 114 valence electrons. The number of carbonyl (C=O) groups excluding carboxylic acids is 1. The van der Waals surface area contributed by atoms with E-state index >= 15 is 0 Å². The third kappa shape index (κ3) is 2.85. The van der Waals surface area contributed by atoms with Gasteiger partial charge in [0, 0.05) is 20.1 Å². The lowest BCUT2D eigenvalue weighted by Gasteiger charge is -2.35. The summed E-state index contributed by atoms with van der Waals surface area (Å²) >= 11 is 0. The Bertz CT molecular complexity index is 559. The second kappa shape index (κ2) is 6.13. The molecule has 0 fully saturated rings. The first-order valence-electron chi connectivity index (χ1n) is 6.80. The van der Waals surface area contributed by atoms with Gasteiger partial charge in [-0.25, -0.2) is 4.79 Å². The molecule has 1 aliphatic rings. The molecule has 2 amide bonds. The number of benzene rings is 1. The van der Waals surface area contributed by atoms with Crippen molar-refractivity contribution in [3.63, 3.8) is 0 Å². The first-order valence-corrected chi connectivity index (χ1v) is 6.80. The number of ether oxygens (including phenoxy) is 2. The van der Waals surface area contributed by atoms with Crippen LogP contribution in [0.5, 0.6) is 5.75 Å². The van der Waals surface area contributed by atoms with Crippen molar-refractivity contribution in [2.45, 2.75) is 18.9 Å². The molecule has 1 heterocycles. The fourth-order valence-electron chi connectivity index (χ4n) is 2.56. The average molecular weight is 291 g/mol. The summed E-state index contributed by atoms with van der Waals surface area (Å²) in [7, 11) is 3.23. The van der Waals surface area contributed by atoms with Gasteiger partial charge in [0.15, 0.2) is 0 Å². The zero-order valence-corrected chi connectivity index (χ0v) is 12.6. The van der Waals surface area contributed by atoms with Gasteiger partial charge in [-0.3, -0.25) is 0 Å². The van der Waals surface area contributed by atoms with Crippen molar-refractivity contribution < 1.29 is 14.3 Å². The Hall–Kier alpha value is -2.08. The summed E-state index contributed by atoms with van der Waals surface area (Å²) in [5.41, 5.74) is 6.33. The molecule has 6 nitrogen and oxygen atoms in total. The molecule has 21 heavy (non-hydrogen) atoms. The molecule has 1 aromatic rings. The summed E-state index contributed by atoms with van der Waals surface area (Å²) in [5, 5.41) is 0. The normalized spacial score (nSPS) is 21.6. The molecule has 0 aromatic heterocycles. The summed E-state index contributed by atoms with van der Waals surface area (Å²) in [4.78, 5) is 17.6. The molecule has 0 aliphatic carbocycles. The van der Waals surface area contributed by atoms with E-state index in [1.54, 1.807) is 19.1 Å². The van der Waals surface area contributed by atoms with Crippen molar-refractivity contribution in [1.29, 1.82) is 0 Å². The number of carbonyl (C=O) groups is 1. The van der Waals surface area contributed by atoms with E-state index in [2.05, 4.69) is 4.99 Å². The van der Waals surface area contributed by atoms with E-state index in [-0.39, 0.29) is 6.03 Å². The van der Waals surface area contributed by atoms with Crippen molar-refractivity contribution >= 4 is 11.9 Å². The van der Waals surface area contributed by atoms with E-state index in [0.717, 1.165) is 11.3 Å². The van der Waals surface area contributed by atoms with Crippen LogP contribution in [0.4, 0.5) is 4.79 Å². The highest BCUT2D eigenvalue weighted by Gasteiger charge is 2.44. The fraction of sp³-hybridized carbons (Fsp3) is 0.467. The minimum Gasteiger partial charge on any atom is -0.496 e. The van der Waals surface area contributed by atoms with Crippen molar-refractivity contribution in [3.05, 3.63) is 29.8 Å². The first kappa shape index (κ1) is 15.3. The quantitative estimate of drug-likeness (QED) is 0.860. The molecule has 0 bridgehead atoms. The van der Waals surface area contributed by atoms with Crippen LogP contribution in [0.25, 0.3) is 0 Å². The van der Waals surface area contributed by atoms with Gasteiger partial charge in [-0.2, -0.15) is 4.99 Å². The van der Waals surface area contributed by atoms with Gasteiger partial charge in [0.2, 0.25) is 0 Å². The number of methoxy groups -OCH3 is 2. The zero-order chi connectivity index (χ0) is 15.5. The topological polar surface area (TPSA) is 77.2 Å². The maximum absolute atomic E-state index is 12.0. The molecule has 0 saturated heterocycles. The van der Waals surface area contributed by atoms with E-state index in [4.69, 9.17) is 15.2 Å². The van der Waals surface area contributed by atoms with E-state index in [0.29, 0.717) is 25.4 Å². The van der Waals surface area contributed by atoms with Gasteiger partial charge in [-0.1, -0.05) is 18.2 Å². The Morgan fingerprint density at radius 1 is 1.33 bits per heavy atom. The lowest BCUT2D eigenvalue weighted by atomic mass is 9.90. The van der Waals surface area contributed by atoms with Gasteiger partial charge in [-0.15, -0.1) is 0 Å². The Kier molecular flexibility index (Phi) is 4.47. The molecule has 0 radical (unpaired) electrons. The number of para-hydroxylation sites is 1. The van der Waals surface area contributed by atoms with Crippen LogP contribution in [0.1, 0.15) is 12.5 Å². The first-order chi connectivity index (χ1) is 10.0. The number of urea groups is 1. The van der Waals surface area contributed by atoms with Gasteiger partial charge in [0.05, 0.1) is 13.7 Å². The molecule has 6 heteroatoms. The number of hydrogen-bond acceptors (Lipinski definition) is 4. The average Bonchev–Trinajstić information content (AvgIpc) is 2.67. The standard InChI is InChI=1S/C15H21N3O3/c1-15(10-11-6-4-5-7-12(11)21-3)13(16)17-14(19)18(15)8-9-20-2/h4-7H,8-10H2,1-3H3,(H2,16,17,19). The maximum atomic E-state index is 12.0. The van der Waals surface area contributed by atoms with Crippen molar-refractivity contribution in [2.75, 3.05) is 27.4 Å². The molecule has 0 spiro atoms. The van der Waals surface area contributed by atoms with Gasteiger partial charge in [0.1, 0.15) is 17.1 Å². The molecule has 2 rings (SSSR count). The van der Waals surface area contributed by atoms with Crippen LogP contribution in [0.2, 0.25) is 0 Å². The van der Waals surface area contributed by atoms with Crippen LogP contribution >= 0.6 is 0 Å². The van der Waals surface area contributed by atoms with Gasteiger partial charge >= 0.3 is 6.03 Å². The number of nitrogens with zero attached hydrogens (tertiary/aromatic N) is 2. The molecule has 1 aliphatic heterocycles. The van der Waals surface area contributed by atoms with Gasteiger partial charge in [0.25, 0.3) is 0 Å². The molecule has 2 N–H and O–H groups in total. The second-order valence-corrected chi connectivity index (χ2v) is 5.19. The third-order valence-corrected chi connectivity index (χ3v) is 3.84. The summed E-state index contributed by atoms with van der Waals surface area (Å²) < 4.78 is 10.4. The number of amides is 2. The number of hydrogen-bond donors (Lipinski definition) is 1. The molecular formula is C15H21N3O3. The van der Waals surface area contributed by atoms with E-state index in [9.17, 15) is 4.79 Å². The molecule has 1 aromatic carbocycles. The van der Waals surface area contributed by atoms with E-state index in [1.807, 2.05) is 31.2 Å². The van der Waals surface area contributed by atoms with Crippen LogP contribution in [0.15, 0.2) is 29.3 Å². The van der Waals surface area contributed by atoms with Crippen molar-refractivity contribution in [3.8, 4) is 5.75 Å². The number of amidine groups is 1. The predicted molar refractivity (Wildman–Crippen MR) is 80.7 cm³/mol. The summed E-state index contributed by atoms with van der Waals surface area (Å²) in [6.07, 6.45) is 0.543. The van der Waals surface area contributed by atoms with Crippen molar-refractivity contribution in [2.24, 2.45) is 10.7 Å². The molecular weight excluding hydrogens is 270 g/mol. The summed E-state index contributed by atoms with van der Waals surface area (Å²) in [6, 6.07) is 7.38. The Labute approximate surface area is 124 Å². The lowest BCUT2D eigenvalue weighted by Crippen LogP contribution is -2.54. The predicted octanol–water partition coefficient (Wildman–Crippen LogP) is 1.44. The SMILES string of the molecule is COCCN1C(=O)N=C(N)C1(C)Cc1ccccc1OC. The Morgan fingerprint density at radius 2 is 2.05 bits per heavy atom. The molecule has 0 saturated carbocycles. The third-order valence-electron chi connectivity index (χ3n) is 3.84. The smallest absolute Gasteiger partial charge is 0.346 e. The summed E-state index contributed by atoms with van der Waals surface area (Å²) in [6.45, 7) is 2.81. The largest absolute Gasteiger partial charge is 0.496 e. The number of aliphatic imine (C=N–C) groups is 1. The number of nitrogens with two attached hydrogens (primary N) is 1. The van der Waals surface area contributed by atoms with Crippen LogP contribution in [-0.4, -0.2) is 49.7 Å². The number of rotatable bonds is 6. The fourth-order valence-corrected chi connectivity index (χ4v) is 2.56.